The van der Waals surface area contributed by atoms with E-state index in [0.29, 0.717) is 5.92 Å². The Hall–Kier alpha value is -0.136. The molecule has 19 heavy (non-hydrogen) atoms. The summed E-state index contributed by atoms with van der Waals surface area (Å²) < 4.78 is 5.11. The Balaban J connectivity index is 4.04. The predicted octanol–water partition coefficient (Wildman–Crippen LogP) is 2.99. The first-order valence-electron chi connectivity index (χ1n) is 7.70. The zero-order valence-electron chi connectivity index (χ0n) is 13.6. The van der Waals surface area contributed by atoms with Gasteiger partial charge in [-0.05, 0) is 25.4 Å². The van der Waals surface area contributed by atoms with E-state index in [1.54, 1.807) is 0 Å². The average Bonchev–Trinajstić information content (AvgIpc) is 2.35. The maximum Gasteiger partial charge on any atom is 0.343 e. The van der Waals surface area contributed by atoms with Crippen molar-refractivity contribution < 1.29 is 14.3 Å². The lowest BCUT2D eigenvalue weighted by molar-refractivity contribution is -0.221. The summed E-state index contributed by atoms with van der Waals surface area (Å²) in [7, 11) is -0.486. The van der Waals surface area contributed by atoms with Crippen LogP contribution in [0.3, 0.4) is 0 Å². The van der Waals surface area contributed by atoms with Crippen molar-refractivity contribution in [2.45, 2.75) is 77.4 Å². The van der Waals surface area contributed by atoms with Crippen molar-refractivity contribution in [3.8, 4) is 0 Å². The molecule has 0 heterocycles. The molecule has 0 aliphatic heterocycles. The van der Waals surface area contributed by atoms with Gasteiger partial charge < -0.3 is 4.89 Å². The summed E-state index contributed by atoms with van der Waals surface area (Å²) >= 11 is 0. The van der Waals surface area contributed by atoms with Gasteiger partial charge in [0.25, 0.3) is 0 Å². The van der Waals surface area contributed by atoms with Gasteiger partial charge in [-0.1, -0.05) is 52.9 Å². The second-order valence-electron chi connectivity index (χ2n) is 6.34. The Morgan fingerprint density at radius 3 is 2.37 bits per heavy atom. The molecule has 2 unspecified atom stereocenters. The molecule has 2 atom stereocenters. The highest BCUT2D eigenvalue weighted by molar-refractivity contribution is 6.48. The van der Waals surface area contributed by atoms with Crippen molar-refractivity contribution in [3.05, 3.63) is 0 Å². The van der Waals surface area contributed by atoms with Crippen molar-refractivity contribution in [2.24, 2.45) is 5.92 Å². The highest BCUT2D eigenvalue weighted by Crippen LogP contribution is 2.36. The summed E-state index contributed by atoms with van der Waals surface area (Å²) in [6.45, 7) is 10.4. The highest BCUT2D eigenvalue weighted by atomic mass is 28.3. The topological polar surface area (TPSA) is 35.5 Å². The summed E-state index contributed by atoms with van der Waals surface area (Å²) in [4.78, 5) is 17.0. The van der Waals surface area contributed by atoms with E-state index in [4.69, 9.17) is 9.46 Å². The minimum atomic E-state index is -1.29. The second-order valence-corrected chi connectivity index (χ2v) is 10.7. The molecule has 0 saturated carbocycles. The number of rotatable bonds is 10. The minimum Gasteiger partial charge on any atom is -0.310 e. The molecule has 0 bridgehead atoms. The fraction of sp³-hybridized carbons (Fsp3) is 0.929. The van der Waals surface area contributed by atoms with E-state index >= 15 is 0 Å². The number of carbonyl (C=O) groups excluding carboxylic acids is 1. The molecule has 0 aromatic rings. The number of hydrogen-bond acceptors (Lipinski definition) is 3. The lowest BCUT2D eigenvalue weighted by Gasteiger charge is -2.29. The summed E-state index contributed by atoms with van der Waals surface area (Å²) in [5.41, 5.74) is 0. The van der Waals surface area contributed by atoms with Gasteiger partial charge in [0, 0.05) is 10.2 Å². The van der Waals surface area contributed by atoms with Gasteiger partial charge in [0.2, 0.25) is 9.04 Å². The SMILES string of the molecule is CCCCCCCC(C)C(C)([SiH3])C(=O)OO[SiH](C)C. The summed E-state index contributed by atoms with van der Waals surface area (Å²) in [6.07, 6.45) is 7.51. The van der Waals surface area contributed by atoms with Gasteiger partial charge in [-0.3, -0.25) is 0 Å². The fourth-order valence-corrected chi connectivity index (χ4v) is 2.52. The largest absolute Gasteiger partial charge is 0.343 e. The zero-order valence-corrected chi connectivity index (χ0v) is 16.8. The number of hydrogen-bond donors (Lipinski definition) is 0. The Morgan fingerprint density at radius 2 is 1.84 bits per heavy atom. The van der Waals surface area contributed by atoms with Crippen LogP contribution < -0.4 is 0 Å². The van der Waals surface area contributed by atoms with E-state index in [-0.39, 0.29) is 11.0 Å². The Kier molecular flexibility index (Phi) is 9.65. The van der Waals surface area contributed by atoms with Crippen LogP contribution in [0.2, 0.25) is 18.1 Å². The maximum atomic E-state index is 12.1. The molecule has 0 aromatic carbocycles. The van der Waals surface area contributed by atoms with Crippen LogP contribution >= 0.6 is 0 Å². The van der Waals surface area contributed by atoms with Crippen molar-refractivity contribution in [1.29, 1.82) is 0 Å². The molecular formula is C14H32O3Si2. The molecule has 0 aliphatic carbocycles. The monoisotopic (exact) mass is 304 g/mol. The van der Waals surface area contributed by atoms with Gasteiger partial charge in [0.05, 0.1) is 5.04 Å². The Morgan fingerprint density at radius 1 is 1.26 bits per heavy atom. The first-order chi connectivity index (χ1) is 8.82. The first-order valence-corrected chi connectivity index (χ1v) is 11.5. The Labute approximate surface area is 123 Å². The van der Waals surface area contributed by atoms with E-state index < -0.39 is 9.04 Å². The van der Waals surface area contributed by atoms with Crippen molar-refractivity contribution >= 4 is 25.3 Å². The van der Waals surface area contributed by atoms with Gasteiger partial charge in [-0.2, -0.15) is 0 Å². The molecule has 0 radical (unpaired) electrons. The number of unbranched alkanes of at least 4 members (excludes halogenated alkanes) is 4. The normalized spacial score (nSPS) is 16.3. The summed E-state index contributed by atoms with van der Waals surface area (Å²) in [6, 6.07) is 0. The van der Waals surface area contributed by atoms with Gasteiger partial charge >= 0.3 is 5.97 Å². The van der Waals surface area contributed by atoms with Crippen molar-refractivity contribution in [1.82, 2.24) is 0 Å². The molecule has 0 spiro atoms. The predicted molar refractivity (Wildman–Crippen MR) is 86.9 cm³/mol. The van der Waals surface area contributed by atoms with Crippen molar-refractivity contribution in [2.75, 3.05) is 0 Å². The van der Waals surface area contributed by atoms with Gasteiger partial charge in [0.15, 0.2) is 0 Å². The molecule has 0 N–H and O–H groups in total. The molecule has 0 saturated heterocycles. The lowest BCUT2D eigenvalue weighted by Crippen LogP contribution is -2.31. The summed E-state index contributed by atoms with van der Waals surface area (Å²) in [5.74, 6) is 0.215. The molecular weight excluding hydrogens is 272 g/mol. The third-order valence-electron chi connectivity index (χ3n) is 3.82. The number of carbonyl (C=O) groups is 1. The molecule has 114 valence electrons. The molecule has 0 aromatic heterocycles. The minimum absolute atomic E-state index is 0.165. The second kappa shape index (κ2) is 9.72. The lowest BCUT2D eigenvalue weighted by atomic mass is 9.89. The van der Waals surface area contributed by atoms with Crippen LogP contribution in [0.25, 0.3) is 0 Å². The molecule has 3 nitrogen and oxygen atoms in total. The molecule has 0 amide bonds. The smallest absolute Gasteiger partial charge is 0.310 e. The molecule has 0 rings (SSSR count). The first kappa shape index (κ1) is 18.9. The van der Waals surface area contributed by atoms with Crippen LogP contribution in [0, 0.1) is 5.92 Å². The molecule has 5 heteroatoms. The van der Waals surface area contributed by atoms with Crippen LogP contribution in [-0.4, -0.2) is 25.3 Å². The van der Waals surface area contributed by atoms with Gasteiger partial charge in [-0.25, -0.2) is 9.37 Å². The Bertz CT molecular complexity index is 255. The maximum absolute atomic E-state index is 12.1. The zero-order chi connectivity index (χ0) is 14.9. The van der Waals surface area contributed by atoms with E-state index in [0.717, 1.165) is 16.7 Å². The summed E-state index contributed by atoms with van der Waals surface area (Å²) in [5, 5.41) is -0.325. The molecule has 0 aliphatic rings. The third kappa shape index (κ3) is 7.89. The van der Waals surface area contributed by atoms with E-state index in [9.17, 15) is 4.79 Å². The van der Waals surface area contributed by atoms with Crippen LogP contribution in [0.15, 0.2) is 0 Å². The van der Waals surface area contributed by atoms with Crippen LogP contribution in [0.4, 0.5) is 0 Å². The molecule has 0 fully saturated rings. The van der Waals surface area contributed by atoms with Gasteiger partial charge in [0.1, 0.15) is 0 Å². The fourth-order valence-electron chi connectivity index (χ4n) is 1.86. The standard InChI is InChI=1S/C14H32O3Si2/c1-6-7-8-9-10-11-12(2)14(3,18)13(15)16-17-19(4)5/h12,19H,6-11H2,1-5,18H3. The van der Waals surface area contributed by atoms with E-state index in [2.05, 4.69) is 13.8 Å². The van der Waals surface area contributed by atoms with Crippen molar-refractivity contribution in [3.63, 3.8) is 0 Å². The quantitative estimate of drug-likeness (QED) is 0.269. The third-order valence-corrected chi connectivity index (χ3v) is 5.69. The van der Waals surface area contributed by atoms with E-state index in [1.165, 1.54) is 32.1 Å². The van der Waals surface area contributed by atoms with Crippen LogP contribution in [0.5, 0.6) is 0 Å². The van der Waals surface area contributed by atoms with Crippen LogP contribution in [-0.2, 0) is 14.3 Å². The van der Waals surface area contributed by atoms with Crippen LogP contribution in [0.1, 0.15) is 59.3 Å². The van der Waals surface area contributed by atoms with Gasteiger partial charge in [-0.15, -0.1) is 0 Å². The van der Waals surface area contributed by atoms with E-state index in [1.807, 2.05) is 20.0 Å². The average molecular weight is 305 g/mol. The highest BCUT2D eigenvalue weighted by Gasteiger charge is 2.36.